The van der Waals surface area contributed by atoms with Crippen LogP contribution in [0.2, 0.25) is 10.0 Å². The second-order valence-electron chi connectivity index (χ2n) is 10.7. The van der Waals surface area contributed by atoms with Crippen LogP contribution >= 0.6 is 23.2 Å². The Bertz CT molecular complexity index is 1320. The second-order valence-corrected chi connectivity index (χ2v) is 13.7. The van der Waals surface area contributed by atoms with Gasteiger partial charge in [-0.15, -0.1) is 0 Å². The molecule has 0 aromatic heterocycles. The zero-order valence-electron chi connectivity index (χ0n) is 21.6. The number of rotatable bonds is 9. The minimum absolute atomic E-state index is 0.0857. The van der Waals surface area contributed by atoms with E-state index in [2.05, 4.69) is 0 Å². The van der Waals surface area contributed by atoms with Crippen molar-refractivity contribution in [2.24, 2.45) is 11.3 Å². The second kappa shape index (κ2) is 11.7. The van der Waals surface area contributed by atoms with Gasteiger partial charge < -0.3 is 10.0 Å². The third-order valence-corrected chi connectivity index (χ3v) is 9.17. The highest BCUT2D eigenvalue weighted by molar-refractivity contribution is 7.91. The summed E-state index contributed by atoms with van der Waals surface area (Å²) in [6.07, 6.45) is -5.42. The molecule has 1 N–H and O–H groups in total. The van der Waals surface area contributed by atoms with Crippen molar-refractivity contribution in [3.63, 3.8) is 0 Å². The Morgan fingerprint density at radius 1 is 1.10 bits per heavy atom. The molecular formula is C27H30Cl2F3NO5S. The number of hydrogen-bond donors (Lipinski definition) is 1. The fraction of sp³-hybridized carbons (Fsp3) is 0.481. The number of hydrogen-bond acceptors (Lipinski definition) is 4. The first-order valence-corrected chi connectivity index (χ1v) is 14.8. The smallest absolute Gasteiger partial charge is 0.402 e. The summed E-state index contributed by atoms with van der Waals surface area (Å²) in [5.41, 5.74) is -0.214. The van der Waals surface area contributed by atoms with Crippen molar-refractivity contribution in [3.8, 4) is 0 Å². The van der Waals surface area contributed by atoms with Crippen LogP contribution in [0.1, 0.15) is 56.7 Å². The van der Waals surface area contributed by atoms with Crippen LogP contribution in [-0.4, -0.2) is 54.0 Å². The molecule has 39 heavy (non-hydrogen) atoms. The van der Waals surface area contributed by atoms with Crippen molar-refractivity contribution < 1.29 is 36.3 Å². The lowest BCUT2D eigenvalue weighted by Crippen LogP contribution is -2.59. The van der Waals surface area contributed by atoms with Crippen LogP contribution in [0, 0.1) is 11.3 Å². The number of carbonyl (C=O) groups is 2. The monoisotopic (exact) mass is 607 g/mol. The molecule has 2 aromatic carbocycles. The van der Waals surface area contributed by atoms with Gasteiger partial charge in [0.25, 0.3) is 0 Å². The average molecular weight is 609 g/mol. The summed E-state index contributed by atoms with van der Waals surface area (Å²) >= 11 is 12.4. The van der Waals surface area contributed by atoms with Crippen molar-refractivity contribution in [2.75, 3.05) is 11.5 Å². The Hall–Kier alpha value is -2.30. The quantitative estimate of drug-likeness (QED) is 0.350. The van der Waals surface area contributed by atoms with Gasteiger partial charge >= 0.3 is 12.1 Å². The van der Waals surface area contributed by atoms with Crippen molar-refractivity contribution in [1.29, 1.82) is 0 Å². The van der Waals surface area contributed by atoms with Crippen molar-refractivity contribution in [3.05, 3.63) is 69.7 Å². The summed E-state index contributed by atoms with van der Waals surface area (Å²) in [6.45, 7) is 4.74. The minimum atomic E-state index is -4.96. The van der Waals surface area contributed by atoms with Crippen LogP contribution in [0.25, 0.3) is 0 Å². The molecule has 1 saturated heterocycles. The largest absolute Gasteiger partial charge is 0.481 e. The summed E-state index contributed by atoms with van der Waals surface area (Å²) in [5.74, 6) is -5.97. The number of carboxylic acid groups (broad SMARTS) is 1. The zero-order valence-corrected chi connectivity index (χ0v) is 23.9. The number of aliphatic carboxylic acids is 1. The van der Waals surface area contributed by atoms with Crippen LogP contribution in [0.4, 0.5) is 13.2 Å². The first-order valence-electron chi connectivity index (χ1n) is 12.2. The Labute approximate surface area is 236 Å². The number of carboxylic acids is 1. The maximum absolute atomic E-state index is 14.2. The first kappa shape index (κ1) is 31.2. The molecule has 0 radical (unpaired) electrons. The average Bonchev–Trinajstić information content (AvgIpc) is 2.78. The molecule has 1 heterocycles. The van der Waals surface area contributed by atoms with Crippen LogP contribution in [0.15, 0.2) is 48.5 Å². The Balaban J connectivity index is 2.28. The summed E-state index contributed by atoms with van der Waals surface area (Å²) in [7, 11) is -4.70. The van der Waals surface area contributed by atoms with Gasteiger partial charge in [-0.2, -0.15) is 13.2 Å². The van der Waals surface area contributed by atoms with E-state index in [-0.39, 0.29) is 6.42 Å². The highest BCUT2D eigenvalue weighted by atomic mass is 35.5. The van der Waals surface area contributed by atoms with Crippen molar-refractivity contribution in [1.82, 2.24) is 4.90 Å². The topological polar surface area (TPSA) is 91.8 Å². The minimum Gasteiger partial charge on any atom is -0.481 e. The molecule has 214 valence electrons. The van der Waals surface area contributed by atoms with Gasteiger partial charge in [0.1, 0.15) is 5.75 Å². The number of halogens is 5. The predicted octanol–water partition coefficient (Wildman–Crippen LogP) is 6.53. The molecule has 12 heteroatoms. The van der Waals surface area contributed by atoms with Gasteiger partial charge in [-0.25, -0.2) is 8.42 Å². The number of sulfone groups is 1. The Morgan fingerprint density at radius 2 is 1.72 bits per heavy atom. The third kappa shape index (κ3) is 7.67. The van der Waals surface area contributed by atoms with Gasteiger partial charge in [0.2, 0.25) is 5.91 Å². The number of piperidine rings is 1. The Morgan fingerprint density at radius 3 is 2.23 bits per heavy atom. The maximum atomic E-state index is 14.2. The molecule has 1 amide bonds. The number of alkyl halides is 3. The number of nitrogens with zero attached hydrogens (tertiary/aromatic N) is 1. The Kier molecular flexibility index (Phi) is 9.34. The standard InChI is InChI=1S/C27H30Cl2F3NO5S/c1-16(2)22(14-39(37,38)15-27(30,31)32)33-24(17-7-9-19(28)10-8-17)21(18-5-4-6-20(29)11-18)12-26(3,25(33)36)13-23(34)35/h4-11,16,21-22,24H,12-15H2,1-3H3,(H,34,35)/t21-,22?,24-,26-/m1/s1. The van der Waals surface area contributed by atoms with E-state index in [1.807, 2.05) is 0 Å². The maximum Gasteiger partial charge on any atom is 0.402 e. The summed E-state index contributed by atoms with van der Waals surface area (Å²) < 4.78 is 64.9. The van der Waals surface area contributed by atoms with E-state index in [9.17, 15) is 36.3 Å². The fourth-order valence-electron chi connectivity index (χ4n) is 5.41. The first-order chi connectivity index (χ1) is 17.9. The molecule has 1 aliphatic rings. The van der Waals surface area contributed by atoms with E-state index < -0.39 is 75.2 Å². The molecule has 3 rings (SSSR count). The lowest BCUT2D eigenvalue weighted by molar-refractivity contribution is -0.161. The molecule has 4 atom stereocenters. The van der Waals surface area contributed by atoms with Crippen molar-refractivity contribution >= 4 is 44.9 Å². The van der Waals surface area contributed by atoms with Crippen LogP contribution in [0.3, 0.4) is 0 Å². The lowest BCUT2D eigenvalue weighted by Gasteiger charge is -2.52. The van der Waals surface area contributed by atoms with Gasteiger partial charge in [-0.1, -0.05) is 68.2 Å². The van der Waals surface area contributed by atoms with E-state index in [1.165, 1.54) is 11.8 Å². The SMILES string of the molecule is CC(C)C(CS(=O)(=O)CC(F)(F)F)N1C(=O)[C@@](C)(CC(=O)O)C[C@H](c2cccc(Cl)c2)[C@H]1c1ccc(Cl)cc1. The molecule has 0 saturated carbocycles. The van der Waals surface area contributed by atoms with E-state index in [4.69, 9.17) is 23.2 Å². The van der Waals surface area contributed by atoms with Gasteiger partial charge in [-0.05, 0) is 47.7 Å². The highest BCUT2D eigenvalue weighted by Gasteiger charge is 2.53. The predicted molar refractivity (Wildman–Crippen MR) is 144 cm³/mol. The number of benzene rings is 2. The number of likely N-dealkylation sites (tertiary alicyclic amines) is 1. The summed E-state index contributed by atoms with van der Waals surface area (Å²) in [6, 6.07) is 11.4. The van der Waals surface area contributed by atoms with Gasteiger partial charge in [0.15, 0.2) is 9.84 Å². The highest BCUT2D eigenvalue weighted by Crippen LogP contribution is 2.52. The summed E-state index contributed by atoms with van der Waals surface area (Å²) in [4.78, 5) is 27.4. The fourth-order valence-corrected chi connectivity index (χ4v) is 7.41. The molecule has 0 spiro atoms. The third-order valence-electron chi connectivity index (χ3n) is 7.07. The van der Waals surface area contributed by atoms with E-state index in [0.29, 0.717) is 21.2 Å². The van der Waals surface area contributed by atoms with Gasteiger partial charge in [0.05, 0.1) is 23.6 Å². The zero-order chi connectivity index (χ0) is 29.3. The number of carbonyl (C=O) groups excluding carboxylic acids is 1. The van der Waals surface area contributed by atoms with E-state index >= 15 is 0 Å². The van der Waals surface area contributed by atoms with Crippen LogP contribution < -0.4 is 0 Å². The molecule has 2 aromatic rings. The molecule has 0 bridgehead atoms. The normalized spacial score (nSPS) is 23.2. The van der Waals surface area contributed by atoms with Gasteiger partial charge in [-0.3, -0.25) is 9.59 Å². The molecule has 1 fully saturated rings. The summed E-state index contributed by atoms with van der Waals surface area (Å²) in [5, 5.41) is 10.5. The lowest BCUT2D eigenvalue weighted by atomic mass is 9.66. The molecule has 1 aliphatic heterocycles. The van der Waals surface area contributed by atoms with E-state index in [0.717, 1.165) is 0 Å². The van der Waals surface area contributed by atoms with Crippen LogP contribution in [0.5, 0.6) is 0 Å². The van der Waals surface area contributed by atoms with Crippen LogP contribution in [-0.2, 0) is 19.4 Å². The molecule has 1 unspecified atom stereocenters. The van der Waals surface area contributed by atoms with Gasteiger partial charge in [0, 0.05) is 22.0 Å². The van der Waals surface area contributed by atoms with Crippen molar-refractivity contribution in [2.45, 2.75) is 57.8 Å². The number of amides is 1. The molecule has 6 nitrogen and oxygen atoms in total. The van der Waals surface area contributed by atoms with E-state index in [1.54, 1.807) is 62.4 Å². The molecular weight excluding hydrogens is 578 g/mol. The molecule has 0 aliphatic carbocycles.